The van der Waals surface area contributed by atoms with Crippen molar-refractivity contribution in [2.45, 2.75) is 53.4 Å². The Morgan fingerprint density at radius 2 is 1.10 bits per heavy atom. The summed E-state index contributed by atoms with van der Waals surface area (Å²) in [6, 6.07) is 0. The van der Waals surface area contributed by atoms with Crippen LogP contribution in [0.2, 0.25) is 0 Å². The molecule has 0 amide bonds. The van der Waals surface area contributed by atoms with E-state index < -0.39 is 0 Å². The summed E-state index contributed by atoms with van der Waals surface area (Å²) in [5.41, 5.74) is 1.52. The second-order valence-electron chi connectivity index (χ2n) is 4.28. The first-order valence-corrected chi connectivity index (χ1v) is 6.87. The lowest BCUT2D eigenvalue weighted by Crippen LogP contribution is -2.06. The number of hydrogen-bond acceptors (Lipinski definition) is 6. The van der Waals surface area contributed by atoms with E-state index >= 15 is 0 Å². The van der Waals surface area contributed by atoms with Gasteiger partial charge in [0, 0.05) is 11.4 Å². The highest BCUT2D eigenvalue weighted by Gasteiger charge is 2.04. The smallest absolute Gasteiger partial charge is 0.306 e. The number of carbonyl (C=O) groups excluding carboxylic acids is 2. The number of carbonyl (C=O) groups is 2. The Bertz CT molecular complexity index is 339. The van der Waals surface area contributed by atoms with Gasteiger partial charge >= 0.3 is 11.9 Å². The van der Waals surface area contributed by atoms with Crippen molar-refractivity contribution < 1.29 is 19.1 Å². The average Bonchev–Trinajstić information content (AvgIpc) is 2.41. The third-order valence-corrected chi connectivity index (χ3v) is 2.38. The van der Waals surface area contributed by atoms with Crippen LogP contribution in [0.3, 0.4) is 0 Å². The van der Waals surface area contributed by atoms with Crippen molar-refractivity contribution in [3.63, 3.8) is 0 Å². The summed E-state index contributed by atoms with van der Waals surface area (Å²) in [6.45, 7) is 7.94. The van der Waals surface area contributed by atoms with E-state index in [1.54, 1.807) is 27.7 Å². The van der Waals surface area contributed by atoms with Crippen LogP contribution in [-0.4, -0.2) is 36.6 Å². The number of esters is 2. The summed E-state index contributed by atoms with van der Waals surface area (Å²) in [4.78, 5) is 22.3. The van der Waals surface area contributed by atoms with Crippen molar-refractivity contribution >= 4 is 23.4 Å². The number of ether oxygens (including phenoxy) is 2. The van der Waals surface area contributed by atoms with Gasteiger partial charge in [0.25, 0.3) is 0 Å². The lowest BCUT2D eigenvalue weighted by atomic mass is 10.2. The zero-order valence-electron chi connectivity index (χ0n) is 12.8. The molecule has 20 heavy (non-hydrogen) atoms. The Morgan fingerprint density at radius 3 is 1.40 bits per heavy atom. The summed E-state index contributed by atoms with van der Waals surface area (Å²) in [6.07, 6.45) is 1.65. The Labute approximate surface area is 120 Å². The molecule has 0 saturated carbocycles. The van der Waals surface area contributed by atoms with Gasteiger partial charge in [0.15, 0.2) is 0 Å². The molecule has 0 heterocycles. The summed E-state index contributed by atoms with van der Waals surface area (Å²) in [7, 11) is 0. The molecule has 0 aliphatic heterocycles. The van der Waals surface area contributed by atoms with Gasteiger partial charge in [-0.15, -0.1) is 0 Å². The third-order valence-electron chi connectivity index (χ3n) is 2.38. The summed E-state index contributed by atoms with van der Waals surface area (Å²) in [5.74, 6) is -0.463. The molecule has 0 spiro atoms. The summed E-state index contributed by atoms with van der Waals surface area (Å²) >= 11 is 0. The standard InChI is InChI=1S/C14H24N2O4/c1-5-19-13(17)9-7-11(3)15-16-12(4)8-10-14(18)20-6-2/h5-10H2,1-4H3/b15-11-,16-12-. The van der Waals surface area contributed by atoms with Gasteiger partial charge in [-0.2, -0.15) is 10.2 Å². The SMILES string of the molecule is CCOC(=O)CC/C(C)=N\N=C(\C)CCC(=O)OCC. The molecule has 0 radical (unpaired) electrons. The number of rotatable bonds is 9. The van der Waals surface area contributed by atoms with E-state index in [1.807, 2.05) is 0 Å². The first kappa shape index (κ1) is 18.3. The van der Waals surface area contributed by atoms with Crippen LogP contribution in [0.1, 0.15) is 53.4 Å². The fourth-order valence-electron chi connectivity index (χ4n) is 1.30. The second-order valence-corrected chi connectivity index (χ2v) is 4.28. The molecule has 0 atom stereocenters. The van der Waals surface area contributed by atoms with Gasteiger partial charge in [-0.1, -0.05) is 0 Å². The molecule has 6 nitrogen and oxygen atoms in total. The van der Waals surface area contributed by atoms with E-state index in [0.717, 1.165) is 11.4 Å². The molecule has 0 unspecified atom stereocenters. The van der Waals surface area contributed by atoms with E-state index in [0.29, 0.717) is 38.9 Å². The highest BCUT2D eigenvalue weighted by atomic mass is 16.5. The molecule has 0 aliphatic carbocycles. The van der Waals surface area contributed by atoms with Crippen LogP contribution in [-0.2, 0) is 19.1 Å². The molecule has 0 N–H and O–H groups in total. The Hall–Kier alpha value is -1.72. The molecule has 114 valence electrons. The van der Waals surface area contributed by atoms with Crippen LogP contribution in [0.4, 0.5) is 0 Å². The van der Waals surface area contributed by atoms with Crippen molar-refractivity contribution in [1.82, 2.24) is 0 Å². The first-order valence-electron chi connectivity index (χ1n) is 6.87. The van der Waals surface area contributed by atoms with Gasteiger partial charge in [-0.05, 0) is 40.5 Å². The Kier molecular flexibility index (Phi) is 10.2. The third kappa shape index (κ3) is 10.2. The fraction of sp³-hybridized carbons (Fsp3) is 0.714. The van der Waals surface area contributed by atoms with E-state index in [-0.39, 0.29) is 11.9 Å². The molecule has 0 bridgehead atoms. The first-order chi connectivity index (χ1) is 9.49. The van der Waals surface area contributed by atoms with Crippen molar-refractivity contribution in [2.24, 2.45) is 10.2 Å². The molecule has 0 fully saturated rings. The Morgan fingerprint density at radius 1 is 0.750 bits per heavy atom. The van der Waals surface area contributed by atoms with Crippen molar-refractivity contribution in [3.05, 3.63) is 0 Å². The van der Waals surface area contributed by atoms with E-state index in [4.69, 9.17) is 9.47 Å². The van der Waals surface area contributed by atoms with Gasteiger partial charge in [0.2, 0.25) is 0 Å². The minimum Gasteiger partial charge on any atom is -0.466 e. The number of nitrogens with zero attached hydrogens (tertiary/aromatic N) is 2. The van der Waals surface area contributed by atoms with Crippen molar-refractivity contribution in [3.8, 4) is 0 Å². The molecule has 0 aromatic rings. The Balaban J connectivity index is 4.06. The quantitative estimate of drug-likeness (QED) is 0.370. The summed E-state index contributed by atoms with van der Waals surface area (Å²) in [5, 5.41) is 8.05. The minimum absolute atomic E-state index is 0.231. The topological polar surface area (TPSA) is 77.3 Å². The van der Waals surface area contributed by atoms with Gasteiger partial charge < -0.3 is 9.47 Å². The molecule has 0 aromatic carbocycles. The highest BCUT2D eigenvalue weighted by molar-refractivity contribution is 5.88. The van der Waals surface area contributed by atoms with Crippen LogP contribution < -0.4 is 0 Å². The van der Waals surface area contributed by atoms with Gasteiger partial charge in [-0.3, -0.25) is 9.59 Å². The molecule has 0 aliphatic rings. The zero-order chi connectivity index (χ0) is 15.4. The number of hydrogen-bond donors (Lipinski definition) is 0. The molecule has 0 saturated heterocycles. The van der Waals surface area contributed by atoms with E-state index in [9.17, 15) is 9.59 Å². The predicted molar refractivity (Wildman–Crippen MR) is 78.0 cm³/mol. The molecular weight excluding hydrogens is 260 g/mol. The van der Waals surface area contributed by atoms with Crippen LogP contribution in [0.15, 0.2) is 10.2 Å². The van der Waals surface area contributed by atoms with Crippen LogP contribution in [0, 0.1) is 0 Å². The highest BCUT2D eigenvalue weighted by Crippen LogP contribution is 1.99. The summed E-state index contributed by atoms with van der Waals surface area (Å²) < 4.78 is 9.65. The average molecular weight is 284 g/mol. The normalized spacial score (nSPS) is 12.2. The maximum Gasteiger partial charge on any atom is 0.306 e. The van der Waals surface area contributed by atoms with Crippen molar-refractivity contribution in [2.75, 3.05) is 13.2 Å². The second kappa shape index (κ2) is 11.1. The molecule has 0 rings (SSSR count). The maximum absolute atomic E-state index is 11.2. The molecular formula is C14H24N2O4. The van der Waals surface area contributed by atoms with Gasteiger partial charge in [-0.25, -0.2) is 0 Å². The van der Waals surface area contributed by atoms with Crippen LogP contribution in [0.25, 0.3) is 0 Å². The lowest BCUT2D eigenvalue weighted by molar-refractivity contribution is -0.143. The van der Waals surface area contributed by atoms with Gasteiger partial charge in [0.05, 0.1) is 26.1 Å². The maximum atomic E-state index is 11.2. The van der Waals surface area contributed by atoms with Crippen LogP contribution >= 0.6 is 0 Å². The predicted octanol–water partition coefficient (Wildman–Crippen LogP) is 2.51. The fourth-order valence-corrected chi connectivity index (χ4v) is 1.30. The lowest BCUT2D eigenvalue weighted by Gasteiger charge is -2.01. The van der Waals surface area contributed by atoms with Crippen molar-refractivity contribution in [1.29, 1.82) is 0 Å². The minimum atomic E-state index is -0.231. The molecule has 0 aromatic heterocycles. The van der Waals surface area contributed by atoms with E-state index in [1.165, 1.54) is 0 Å². The molecule has 6 heteroatoms. The van der Waals surface area contributed by atoms with Crippen LogP contribution in [0.5, 0.6) is 0 Å². The monoisotopic (exact) mass is 284 g/mol. The van der Waals surface area contributed by atoms with E-state index in [2.05, 4.69) is 10.2 Å². The van der Waals surface area contributed by atoms with Gasteiger partial charge in [0.1, 0.15) is 0 Å². The largest absolute Gasteiger partial charge is 0.466 e. The zero-order valence-corrected chi connectivity index (χ0v) is 12.8.